The lowest BCUT2D eigenvalue weighted by Gasteiger charge is -2.31. The molecule has 1 saturated carbocycles. The first-order chi connectivity index (χ1) is 10.2. The van der Waals surface area contributed by atoms with Gasteiger partial charge in [0.15, 0.2) is 0 Å². The van der Waals surface area contributed by atoms with Gasteiger partial charge in [0.1, 0.15) is 0 Å². The zero-order valence-electron chi connectivity index (χ0n) is 12.6. The molecule has 0 spiro atoms. The minimum absolute atomic E-state index is 0.155. The molecule has 3 heteroatoms. The molecule has 21 heavy (non-hydrogen) atoms. The minimum Gasteiger partial charge on any atom is -0.481 e. The Kier molecular flexibility index (Phi) is 4.59. The van der Waals surface area contributed by atoms with E-state index in [9.17, 15) is 9.90 Å². The third-order valence-corrected chi connectivity index (χ3v) is 5.08. The molecule has 2 aliphatic rings. The van der Waals surface area contributed by atoms with E-state index in [1.54, 1.807) is 0 Å². The standard InChI is InChI=1S/C18H25NO2/c20-18(21)14-8-5-9-15(12-14)19-17-11-4-2-7-13-6-1-3-10-16(13)17/h1,3,6,10,14-15,17,19H,2,4-5,7-9,11-12H2,(H,20,21). The van der Waals surface area contributed by atoms with Crippen molar-refractivity contribution >= 4 is 5.97 Å². The second-order valence-electron chi connectivity index (χ2n) is 6.56. The zero-order chi connectivity index (χ0) is 14.7. The van der Waals surface area contributed by atoms with Gasteiger partial charge < -0.3 is 10.4 Å². The summed E-state index contributed by atoms with van der Waals surface area (Å²) in [6.07, 6.45) is 8.63. The average Bonchev–Trinajstić information content (AvgIpc) is 2.70. The molecule has 1 fully saturated rings. The van der Waals surface area contributed by atoms with Crippen LogP contribution in [0.1, 0.15) is 62.1 Å². The summed E-state index contributed by atoms with van der Waals surface area (Å²) in [7, 11) is 0. The van der Waals surface area contributed by atoms with E-state index in [0.717, 1.165) is 25.7 Å². The number of carbonyl (C=O) groups is 1. The SMILES string of the molecule is O=C(O)C1CCCC(NC2CCCCc3ccccc32)C1. The first kappa shape index (κ1) is 14.6. The first-order valence-electron chi connectivity index (χ1n) is 8.30. The lowest BCUT2D eigenvalue weighted by molar-refractivity contribution is -0.143. The third kappa shape index (κ3) is 3.46. The normalized spacial score (nSPS) is 29.4. The molecule has 0 radical (unpaired) electrons. The van der Waals surface area contributed by atoms with E-state index in [1.165, 1.54) is 36.8 Å². The van der Waals surface area contributed by atoms with Crippen molar-refractivity contribution in [3.05, 3.63) is 35.4 Å². The summed E-state index contributed by atoms with van der Waals surface area (Å²) >= 11 is 0. The van der Waals surface area contributed by atoms with Gasteiger partial charge in [0.25, 0.3) is 0 Å². The van der Waals surface area contributed by atoms with Crippen LogP contribution < -0.4 is 5.32 Å². The Balaban J connectivity index is 1.71. The summed E-state index contributed by atoms with van der Waals surface area (Å²) in [5, 5.41) is 13.0. The number of carboxylic acid groups (broad SMARTS) is 1. The maximum Gasteiger partial charge on any atom is 0.306 e. The highest BCUT2D eigenvalue weighted by molar-refractivity contribution is 5.70. The largest absolute Gasteiger partial charge is 0.481 e. The van der Waals surface area contributed by atoms with E-state index in [2.05, 4.69) is 29.6 Å². The molecule has 0 saturated heterocycles. The zero-order valence-corrected chi connectivity index (χ0v) is 12.6. The molecule has 1 aromatic carbocycles. The van der Waals surface area contributed by atoms with Crippen molar-refractivity contribution in [3.63, 3.8) is 0 Å². The van der Waals surface area contributed by atoms with Crippen LogP contribution in [0.5, 0.6) is 0 Å². The van der Waals surface area contributed by atoms with Gasteiger partial charge in [0.2, 0.25) is 0 Å². The Hall–Kier alpha value is -1.35. The number of aliphatic carboxylic acids is 1. The van der Waals surface area contributed by atoms with Gasteiger partial charge in [-0.15, -0.1) is 0 Å². The number of hydrogen-bond donors (Lipinski definition) is 2. The van der Waals surface area contributed by atoms with E-state index in [0.29, 0.717) is 12.1 Å². The van der Waals surface area contributed by atoms with E-state index < -0.39 is 5.97 Å². The highest BCUT2D eigenvalue weighted by Crippen LogP contribution is 2.32. The van der Waals surface area contributed by atoms with Gasteiger partial charge in [0, 0.05) is 12.1 Å². The van der Waals surface area contributed by atoms with Gasteiger partial charge in [-0.25, -0.2) is 0 Å². The smallest absolute Gasteiger partial charge is 0.306 e. The molecule has 0 amide bonds. The van der Waals surface area contributed by atoms with Crippen molar-refractivity contribution in [2.24, 2.45) is 5.92 Å². The molecule has 2 N–H and O–H groups in total. The van der Waals surface area contributed by atoms with Crippen molar-refractivity contribution in [1.29, 1.82) is 0 Å². The Morgan fingerprint density at radius 3 is 2.81 bits per heavy atom. The highest BCUT2D eigenvalue weighted by Gasteiger charge is 2.29. The molecule has 3 rings (SSSR count). The molecule has 2 aliphatic carbocycles. The van der Waals surface area contributed by atoms with E-state index in [4.69, 9.17) is 0 Å². The Labute approximate surface area is 126 Å². The summed E-state index contributed by atoms with van der Waals surface area (Å²) in [5.74, 6) is -0.778. The quantitative estimate of drug-likeness (QED) is 0.834. The fourth-order valence-electron chi connectivity index (χ4n) is 3.94. The van der Waals surface area contributed by atoms with Crippen LogP contribution in [0.25, 0.3) is 0 Å². The number of hydrogen-bond acceptors (Lipinski definition) is 2. The van der Waals surface area contributed by atoms with Crippen LogP contribution in [0.4, 0.5) is 0 Å². The molecule has 0 bridgehead atoms. The summed E-state index contributed by atoms with van der Waals surface area (Å²) in [6, 6.07) is 9.51. The summed E-state index contributed by atoms with van der Waals surface area (Å²) < 4.78 is 0. The van der Waals surface area contributed by atoms with Crippen molar-refractivity contribution in [3.8, 4) is 0 Å². The van der Waals surface area contributed by atoms with Crippen molar-refractivity contribution in [1.82, 2.24) is 5.32 Å². The Bertz CT molecular complexity index is 500. The topological polar surface area (TPSA) is 49.3 Å². The van der Waals surface area contributed by atoms with E-state index >= 15 is 0 Å². The second kappa shape index (κ2) is 6.61. The number of aryl methyl sites for hydroxylation is 1. The van der Waals surface area contributed by atoms with Gasteiger partial charge in [-0.05, 0) is 49.7 Å². The molecule has 114 valence electrons. The average molecular weight is 287 g/mol. The van der Waals surface area contributed by atoms with Crippen LogP contribution in [-0.2, 0) is 11.2 Å². The van der Waals surface area contributed by atoms with E-state index in [1.807, 2.05) is 0 Å². The fraction of sp³-hybridized carbons (Fsp3) is 0.611. The molecular formula is C18H25NO2. The molecule has 0 aliphatic heterocycles. The summed E-state index contributed by atoms with van der Waals surface area (Å²) in [4.78, 5) is 11.2. The second-order valence-corrected chi connectivity index (χ2v) is 6.56. The van der Waals surface area contributed by atoms with Crippen molar-refractivity contribution in [2.75, 3.05) is 0 Å². The molecule has 1 aromatic rings. The molecule has 0 heterocycles. The monoisotopic (exact) mass is 287 g/mol. The fourth-order valence-corrected chi connectivity index (χ4v) is 3.94. The molecule has 0 aromatic heterocycles. The van der Waals surface area contributed by atoms with E-state index in [-0.39, 0.29) is 5.92 Å². The van der Waals surface area contributed by atoms with Crippen LogP contribution in [0, 0.1) is 5.92 Å². The number of carboxylic acids is 1. The van der Waals surface area contributed by atoms with Gasteiger partial charge in [0.05, 0.1) is 5.92 Å². The lowest BCUT2D eigenvalue weighted by Crippen LogP contribution is -2.38. The van der Waals surface area contributed by atoms with Crippen LogP contribution >= 0.6 is 0 Å². The Morgan fingerprint density at radius 2 is 1.95 bits per heavy atom. The number of fused-ring (bicyclic) bond motifs is 1. The highest BCUT2D eigenvalue weighted by atomic mass is 16.4. The lowest BCUT2D eigenvalue weighted by atomic mass is 9.85. The molecule has 3 atom stereocenters. The van der Waals surface area contributed by atoms with Crippen LogP contribution in [-0.4, -0.2) is 17.1 Å². The summed E-state index contributed by atoms with van der Waals surface area (Å²) in [5.41, 5.74) is 2.91. The van der Waals surface area contributed by atoms with Crippen LogP contribution in [0.3, 0.4) is 0 Å². The minimum atomic E-state index is -0.622. The molecule has 3 nitrogen and oxygen atoms in total. The number of rotatable bonds is 3. The maximum atomic E-state index is 11.2. The Morgan fingerprint density at radius 1 is 1.10 bits per heavy atom. The van der Waals surface area contributed by atoms with Gasteiger partial charge in [-0.3, -0.25) is 4.79 Å². The predicted molar refractivity (Wildman–Crippen MR) is 83.3 cm³/mol. The maximum absolute atomic E-state index is 11.2. The van der Waals surface area contributed by atoms with Crippen LogP contribution in [0.15, 0.2) is 24.3 Å². The number of benzene rings is 1. The van der Waals surface area contributed by atoms with Crippen LogP contribution in [0.2, 0.25) is 0 Å². The first-order valence-corrected chi connectivity index (χ1v) is 8.30. The van der Waals surface area contributed by atoms with Gasteiger partial charge in [-0.2, -0.15) is 0 Å². The molecule has 3 unspecified atom stereocenters. The predicted octanol–water partition coefficient (Wildman–Crippen LogP) is 3.69. The molecular weight excluding hydrogens is 262 g/mol. The third-order valence-electron chi connectivity index (χ3n) is 5.08. The van der Waals surface area contributed by atoms with Gasteiger partial charge >= 0.3 is 5.97 Å². The summed E-state index contributed by atoms with van der Waals surface area (Å²) in [6.45, 7) is 0. The van der Waals surface area contributed by atoms with Crippen molar-refractivity contribution in [2.45, 2.75) is 63.5 Å². The van der Waals surface area contributed by atoms with Crippen molar-refractivity contribution < 1.29 is 9.90 Å². The van der Waals surface area contributed by atoms with Gasteiger partial charge in [-0.1, -0.05) is 37.1 Å². The number of nitrogens with one attached hydrogen (secondary N) is 1.